The number of nitrogens with zero attached hydrogens (tertiary/aromatic N) is 4. The van der Waals surface area contributed by atoms with Crippen LogP contribution in [0.5, 0.6) is 0 Å². The second kappa shape index (κ2) is 9.54. The molecule has 0 aliphatic carbocycles. The summed E-state index contributed by atoms with van der Waals surface area (Å²) in [5.41, 5.74) is 1.55. The Labute approximate surface area is 194 Å². The van der Waals surface area contributed by atoms with Gasteiger partial charge in [0.05, 0.1) is 17.8 Å². The molecule has 0 unspecified atom stereocenters. The molecule has 170 valence electrons. The second-order valence-electron chi connectivity index (χ2n) is 7.77. The number of amides is 1. The van der Waals surface area contributed by atoms with Gasteiger partial charge in [-0.25, -0.2) is 9.37 Å². The lowest BCUT2D eigenvalue weighted by atomic mass is 10.1. The van der Waals surface area contributed by atoms with Crippen LogP contribution in [0.25, 0.3) is 5.78 Å². The molecule has 4 aromatic rings. The molecule has 33 heavy (non-hydrogen) atoms. The van der Waals surface area contributed by atoms with Crippen molar-refractivity contribution in [1.82, 2.24) is 19.6 Å². The van der Waals surface area contributed by atoms with Gasteiger partial charge in [-0.3, -0.25) is 19.6 Å². The van der Waals surface area contributed by atoms with Gasteiger partial charge >= 0.3 is 0 Å². The van der Waals surface area contributed by atoms with Crippen LogP contribution in [0.4, 0.5) is 10.3 Å². The third kappa shape index (κ3) is 4.66. The number of aryl methyl sites for hydroxylation is 1. The molecule has 0 aliphatic rings. The normalized spacial score (nSPS) is 11.2. The molecular weight excluding hydrogens is 445 g/mol. The summed E-state index contributed by atoms with van der Waals surface area (Å²) in [6, 6.07) is 12.7. The summed E-state index contributed by atoms with van der Waals surface area (Å²) in [5, 5.41) is 3.40. The van der Waals surface area contributed by atoms with E-state index >= 15 is 0 Å². The van der Waals surface area contributed by atoms with Crippen molar-refractivity contribution in [3.63, 3.8) is 0 Å². The molecule has 2 aromatic heterocycles. The van der Waals surface area contributed by atoms with Crippen molar-refractivity contribution < 1.29 is 9.18 Å². The molecule has 1 N–H and O–H groups in total. The molecule has 0 radical (unpaired) electrons. The molecule has 0 saturated heterocycles. The minimum atomic E-state index is -0.650. The highest BCUT2D eigenvalue weighted by Crippen LogP contribution is 2.21. The van der Waals surface area contributed by atoms with E-state index in [0.717, 1.165) is 12.8 Å². The third-order valence-corrected chi connectivity index (χ3v) is 5.63. The number of hydrogen-bond acceptors (Lipinski definition) is 4. The van der Waals surface area contributed by atoms with Crippen molar-refractivity contribution in [3.8, 4) is 0 Å². The molecule has 0 spiro atoms. The van der Waals surface area contributed by atoms with Gasteiger partial charge in [0.2, 0.25) is 5.95 Å². The summed E-state index contributed by atoms with van der Waals surface area (Å²) in [6.07, 6.45) is 2.41. The number of benzene rings is 2. The number of carbonyl (C=O) groups excluding carboxylic acids is 1. The van der Waals surface area contributed by atoms with Crippen LogP contribution in [0.15, 0.2) is 53.3 Å². The van der Waals surface area contributed by atoms with Crippen molar-refractivity contribution >= 4 is 29.2 Å². The van der Waals surface area contributed by atoms with Crippen LogP contribution in [0.3, 0.4) is 0 Å². The maximum Gasteiger partial charge on any atom is 0.277 e. The average Bonchev–Trinajstić information content (AvgIpc) is 3.21. The fraction of sp³-hybridized carbons (Fsp3) is 0.250. The predicted octanol–water partition coefficient (Wildman–Crippen LogP) is 4.71. The number of aromatic amines is 1. The van der Waals surface area contributed by atoms with Crippen molar-refractivity contribution in [2.75, 3.05) is 4.90 Å². The third-order valence-electron chi connectivity index (χ3n) is 5.40. The maximum atomic E-state index is 14.4. The SMILES string of the molecule is CCCCc1c(C)nc2nc(N(Cc3cccc(Cl)c3)C(=O)c3ccccc3F)[nH]n2c1=O. The average molecular weight is 468 g/mol. The molecule has 0 fully saturated rings. The number of unbranched alkanes of at least 4 members (excludes halogenated alkanes) is 1. The van der Waals surface area contributed by atoms with Gasteiger partial charge in [-0.1, -0.05) is 49.2 Å². The van der Waals surface area contributed by atoms with E-state index in [2.05, 4.69) is 22.0 Å². The van der Waals surface area contributed by atoms with Crippen molar-refractivity contribution in [2.24, 2.45) is 0 Å². The van der Waals surface area contributed by atoms with Gasteiger partial charge in [-0.2, -0.15) is 9.50 Å². The van der Waals surface area contributed by atoms with Crippen LogP contribution < -0.4 is 10.5 Å². The van der Waals surface area contributed by atoms with E-state index in [4.69, 9.17) is 11.6 Å². The van der Waals surface area contributed by atoms with Gasteiger partial charge in [-0.05, 0) is 49.6 Å². The zero-order valence-corrected chi connectivity index (χ0v) is 19.1. The number of fused-ring (bicyclic) bond motifs is 1. The van der Waals surface area contributed by atoms with Gasteiger partial charge < -0.3 is 0 Å². The van der Waals surface area contributed by atoms with E-state index in [1.807, 2.05) is 0 Å². The van der Waals surface area contributed by atoms with Crippen molar-refractivity contribution in [2.45, 2.75) is 39.7 Å². The van der Waals surface area contributed by atoms with Crippen LogP contribution in [-0.2, 0) is 13.0 Å². The van der Waals surface area contributed by atoms with E-state index in [1.165, 1.54) is 27.6 Å². The number of hydrogen-bond donors (Lipinski definition) is 1. The van der Waals surface area contributed by atoms with E-state index in [9.17, 15) is 14.0 Å². The standard InChI is InChI=1S/C24H23ClFN5O2/c1-3-4-10-18-15(2)27-23-28-24(29-31(23)22(18)33)30(14-16-8-7-9-17(25)13-16)21(32)19-11-5-6-12-20(19)26/h5-9,11-13H,3-4,10,14H2,1-2H3,(H,27,28,29). The zero-order valence-electron chi connectivity index (χ0n) is 18.3. The molecule has 4 rings (SSSR count). The van der Waals surface area contributed by atoms with Crippen LogP contribution in [-0.4, -0.2) is 25.5 Å². The lowest BCUT2D eigenvalue weighted by molar-refractivity contribution is 0.0979. The molecular formula is C24H23ClFN5O2. The number of H-pyrrole nitrogens is 1. The zero-order chi connectivity index (χ0) is 23.5. The molecule has 2 heterocycles. The number of nitrogens with one attached hydrogen (secondary N) is 1. The molecule has 0 bridgehead atoms. The predicted molar refractivity (Wildman–Crippen MR) is 125 cm³/mol. The molecule has 2 aromatic carbocycles. The molecule has 7 nitrogen and oxygen atoms in total. The number of aromatic nitrogens is 4. The highest BCUT2D eigenvalue weighted by atomic mass is 35.5. The minimum absolute atomic E-state index is 0.0595. The molecule has 0 saturated carbocycles. The Morgan fingerprint density at radius 2 is 1.97 bits per heavy atom. The Hall–Kier alpha value is -3.52. The van der Waals surface area contributed by atoms with Crippen LogP contribution >= 0.6 is 11.6 Å². The highest BCUT2D eigenvalue weighted by Gasteiger charge is 2.25. The fourth-order valence-corrected chi connectivity index (χ4v) is 3.86. The largest absolute Gasteiger partial charge is 0.277 e. The quantitative estimate of drug-likeness (QED) is 0.426. The van der Waals surface area contributed by atoms with Crippen LogP contribution in [0.1, 0.15) is 46.9 Å². The first-order chi connectivity index (χ1) is 15.9. The molecule has 1 amide bonds. The monoisotopic (exact) mass is 467 g/mol. The number of halogens is 2. The summed E-state index contributed by atoms with van der Waals surface area (Å²) >= 11 is 6.12. The first-order valence-electron chi connectivity index (χ1n) is 10.7. The number of anilines is 1. The van der Waals surface area contributed by atoms with Gasteiger partial charge in [0.25, 0.3) is 17.2 Å². The Morgan fingerprint density at radius 1 is 1.18 bits per heavy atom. The summed E-state index contributed by atoms with van der Waals surface area (Å²) in [6.45, 7) is 3.88. The first kappa shape index (κ1) is 22.7. The Kier molecular flexibility index (Phi) is 6.55. The van der Waals surface area contributed by atoms with E-state index < -0.39 is 11.7 Å². The van der Waals surface area contributed by atoms with E-state index in [1.54, 1.807) is 37.3 Å². The van der Waals surface area contributed by atoms with E-state index in [-0.39, 0.29) is 29.4 Å². The molecule has 0 atom stereocenters. The lowest BCUT2D eigenvalue weighted by Crippen LogP contribution is -2.32. The Bertz CT molecular complexity index is 1380. The van der Waals surface area contributed by atoms with Crippen molar-refractivity contribution in [1.29, 1.82) is 0 Å². The van der Waals surface area contributed by atoms with Gasteiger partial charge in [0.1, 0.15) is 5.82 Å². The maximum absolute atomic E-state index is 14.4. The number of rotatable bonds is 7. The van der Waals surface area contributed by atoms with Crippen LogP contribution in [0.2, 0.25) is 5.02 Å². The Balaban J connectivity index is 1.82. The Morgan fingerprint density at radius 3 is 2.70 bits per heavy atom. The van der Waals surface area contributed by atoms with Gasteiger partial charge in [0.15, 0.2) is 0 Å². The van der Waals surface area contributed by atoms with Crippen LogP contribution in [0, 0.1) is 12.7 Å². The summed E-state index contributed by atoms with van der Waals surface area (Å²) in [7, 11) is 0. The number of carbonyl (C=O) groups is 1. The van der Waals surface area contributed by atoms with E-state index in [0.29, 0.717) is 28.3 Å². The topological polar surface area (TPSA) is 83.4 Å². The second-order valence-corrected chi connectivity index (χ2v) is 8.20. The lowest BCUT2D eigenvalue weighted by Gasteiger charge is -2.20. The highest BCUT2D eigenvalue weighted by molar-refractivity contribution is 6.30. The first-order valence-corrected chi connectivity index (χ1v) is 11.1. The molecule has 9 heteroatoms. The summed E-state index contributed by atoms with van der Waals surface area (Å²) < 4.78 is 15.7. The van der Waals surface area contributed by atoms with Gasteiger partial charge in [0, 0.05) is 10.6 Å². The fourth-order valence-electron chi connectivity index (χ4n) is 3.65. The summed E-state index contributed by atoms with van der Waals surface area (Å²) in [5.74, 6) is -1.03. The smallest absolute Gasteiger partial charge is 0.272 e. The molecule has 0 aliphatic heterocycles. The minimum Gasteiger partial charge on any atom is -0.272 e. The van der Waals surface area contributed by atoms with Gasteiger partial charge in [-0.15, -0.1) is 0 Å². The summed E-state index contributed by atoms with van der Waals surface area (Å²) in [4.78, 5) is 36.6. The van der Waals surface area contributed by atoms with Crippen molar-refractivity contribution in [3.05, 3.63) is 92.1 Å².